The van der Waals surface area contributed by atoms with Crippen LogP contribution in [0.4, 0.5) is 20.2 Å². The molecule has 4 nitrogen and oxygen atoms in total. The highest BCUT2D eigenvalue weighted by atomic mass is 32.1. The summed E-state index contributed by atoms with van der Waals surface area (Å²) in [7, 11) is 0. The van der Waals surface area contributed by atoms with Crippen LogP contribution in [0, 0.1) is 35.6 Å². The van der Waals surface area contributed by atoms with E-state index in [2.05, 4.69) is 5.32 Å². The zero-order valence-corrected chi connectivity index (χ0v) is 11.7. The summed E-state index contributed by atoms with van der Waals surface area (Å²) in [5.41, 5.74) is 0.222. The summed E-state index contributed by atoms with van der Waals surface area (Å²) in [4.78, 5) is 12.1. The van der Waals surface area contributed by atoms with Crippen molar-refractivity contribution in [1.82, 2.24) is 0 Å². The van der Waals surface area contributed by atoms with E-state index >= 15 is 0 Å². The number of nitro groups is 1. The minimum absolute atomic E-state index is 0.156. The SMILES string of the molecule is Cc1cc(CNc2cc(F)cc(F)c2[N+](=O)[O-])sc1C. The molecule has 1 N–H and O–H groups in total. The summed E-state index contributed by atoms with van der Waals surface area (Å²) in [6.45, 7) is 4.20. The van der Waals surface area contributed by atoms with Crippen molar-refractivity contribution >= 4 is 22.7 Å². The lowest BCUT2D eigenvalue weighted by atomic mass is 10.2. The van der Waals surface area contributed by atoms with Gasteiger partial charge < -0.3 is 5.32 Å². The Labute approximate surface area is 118 Å². The molecule has 0 saturated carbocycles. The zero-order chi connectivity index (χ0) is 14.9. The van der Waals surface area contributed by atoms with Gasteiger partial charge in [-0.25, -0.2) is 4.39 Å². The molecular formula is C13H12F2N2O2S. The number of rotatable bonds is 4. The number of nitrogens with zero attached hydrogens (tertiary/aromatic N) is 1. The van der Waals surface area contributed by atoms with Crippen LogP contribution >= 0.6 is 11.3 Å². The lowest BCUT2D eigenvalue weighted by Gasteiger charge is -2.06. The summed E-state index contributed by atoms with van der Waals surface area (Å²) in [5, 5.41) is 13.6. The monoisotopic (exact) mass is 298 g/mol. The summed E-state index contributed by atoms with van der Waals surface area (Å²) >= 11 is 1.54. The van der Waals surface area contributed by atoms with Gasteiger partial charge >= 0.3 is 5.69 Å². The highest BCUT2D eigenvalue weighted by Gasteiger charge is 2.21. The van der Waals surface area contributed by atoms with Crippen LogP contribution in [-0.2, 0) is 6.54 Å². The molecule has 1 heterocycles. The first kappa shape index (κ1) is 14.4. The number of halogens is 2. The molecule has 0 fully saturated rings. The van der Waals surface area contributed by atoms with Crippen molar-refractivity contribution in [3.63, 3.8) is 0 Å². The molecule has 0 amide bonds. The smallest absolute Gasteiger partial charge is 0.327 e. The van der Waals surface area contributed by atoms with Crippen molar-refractivity contribution in [3.05, 3.63) is 55.3 Å². The molecule has 0 saturated heterocycles. The molecule has 106 valence electrons. The van der Waals surface area contributed by atoms with Crippen LogP contribution < -0.4 is 5.32 Å². The van der Waals surface area contributed by atoms with Gasteiger partial charge in [0.2, 0.25) is 5.82 Å². The molecule has 0 aliphatic heterocycles. The van der Waals surface area contributed by atoms with Crippen molar-refractivity contribution in [2.24, 2.45) is 0 Å². The Kier molecular flexibility index (Phi) is 3.99. The Morgan fingerprint density at radius 2 is 2.00 bits per heavy atom. The average Bonchev–Trinajstić information content (AvgIpc) is 2.64. The highest BCUT2D eigenvalue weighted by Crippen LogP contribution is 2.30. The van der Waals surface area contributed by atoms with E-state index in [0.29, 0.717) is 6.07 Å². The number of benzene rings is 1. The van der Waals surface area contributed by atoms with Gasteiger partial charge in [0.15, 0.2) is 0 Å². The van der Waals surface area contributed by atoms with Gasteiger partial charge in [-0.3, -0.25) is 10.1 Å². The third kappa shape index (κ3) is 2.93. The van der Waals surface area contributed by atoms with E-state index < -0.39 is 22.2 Å². The van der Waals surface area contributed by atoms with Gasteiger partial charge in [-0.15, -0.1) is 11.3 Å². The topological polar surface area (TPSA) is 55.2 Å². The molecular weight excluding hydrogens is 286 g/mol. The van der Waals surface area contributed by atoms with Crippen LogP contribution in [0.3, 0.4) is 0 Å². The minimum Gasteiger partial charge on any atom is -0.374 e. The minimum atomic E-state index is -1.18. The second kappa shape index (κ2) is 5.54. The number of thiophene rings is 1. The van der Waals surface area contributed by atoms with E-state index in [1.165, 1.54) is 11.3 Å². The zero-order valence-electron chi connectivity index (χ0n) is 10.9. The van der Waals surface area contributed by atoms with Gasteiger partial charge in [-0.05, 0) is 25.5 Å². The molecule has 0 unspecified atom stereocenters. The maximum atomic E-state index is 13.4. The van der Waals surface area contributed by atoms with E-state index in [-0.39, 0.29) is 12.2 Å². The Balaban J connectivity index is 2.26. The first-order valence-corrected chi connectivity index (χ1v) is 6.63. The Morgan fingerprint density at radius 1 is 1.30 bits per heavy atom. The molecule has 1 aromatic heterocycles. The maximum absolute atomic E-state index is 13.4. The number of anilines is 1. The van der Waals surface area contributed by atoms with Crippen molar-refractivity contribution in [2.75, 3.05) is 5.32 Å². The fraction of sp³-hybridized carbons (Fsp3) is 0.231. The van der Waals surface area contributed by atoms with E-state index in [0.717, 1.165) is 21.4 Å². The summed E-state index contributed by atoms with van der Waals surface area (Å²) in [5.74, 6) is -2.04. The lowest BCUT2D eigenvalue weighted by Crippen LogP contribution is -2.04. The van der Waals surface area contributed by atoms with Gasteiger partial charge in [-0.1, -0.05) is 0 Å². The standard InChI is InChI=1S/C13H12F2N2O2S/c1-7-3-10(20-8(7)2)6-16-12-5-9(14)4-11(15)13(12)17(18)19/h3-5,16H,6H2,1-2H3. The number of nitro benzene ring substituents is 1. The Morgan fingerprint density at radius 3 is 2.55 bits per heavy atom. The van der Waals surface area contributed by atoms with Crippen molar-refractivity contribution in [2.45, 2.75) is 20.4 Å². The molecule has 0 aliphatic rings. The molecule has 2 aromatic rings. The Hall–Kier alpha value is -2.02. The third-order valence-electron chi connectivity index (χ3n) is 2.88. The van der Waals surface area contributed by atoms with E-state index in [9.17, 15) is 18.9 Å². The average molecular weight is 298 g/mol. The van der Waals surface area contributed by atoms with Gasteiger partial charge in [0, 0.05) is 28.4 Å². The molecule has 2 rings (SSSR count). The van der Waals surface area contributed by atoms with Crippen LogP contribution in [0.1, 0.15) is 15.3 Å². The first-order chi connectivity index (χ1) is 9.38. The second-order valence-corrected chi connectivity index (χ2v) is 5.69. The van der Waals surface area contributed by atoms with Gasteiger partial charge in [0.25, 0.3) is 0 Å². The van der Waals surface area contributed by atoms with Gasteiger partial charge in [0.05, 0.1) is 4.92 Å². The normalized spacial score (nSPS) is 10.6. The van der Waals surface area contributed by atoms with Crippen molar-refractivity contribution in [1.29, 1.82) is 0 Å². The molecule has 0 aliphatic carbocycles. The van der Waals surface area contributed by atoms with Crippen LogP contribution in [0.25, 0.3) is 0 Å². The van der Waals surface area contributed by atoms with E-state index in [1.54, 1.807) is 0 Å². The van der Waals surface area contributed by atoms with Gasteiger partial charge in [0.1, 0.15) is 11.5 Å². The fourth-order valence-electron chi connectivity index (χ4n) is 1.81. The number of hydrogen-bond donors (Lipinski definition) is 1. The third-order valence-corrected chi connectivity index (χ3v) is 4.03. The predicted molar refractivity (Wildman–Crippen MR) is 74.1 cm³/mol. The molecule has 7 heteroatoms. The highest BCUT2D eigenvalue weighted by molar-refractivity contribution is 7.12. The van der Waals surface area contributed by atoms with Gasteiger partial charge in [-0.2, -0.15) is 4.39 Å². The largest absolute Gasteiger partial charge is 0.374 e. The number of hydrogen-bond acceptors (Lipinski definition) is 4. The Bertz CT molecular complexity index is 651. The van der Waals surface area contributed by atoms with Crippen molar-refractivity contribution in [3.8, 4) is 0 Å². The quantitative estimate of drug-likeness (QED) is 0.681. The molecule has 0 spiro atoms. The molecule has 0 atom stereocenters. The lowest BCUT2D eigenvalue weighted by molar-refractivity contribution is -0.386. The van der Waals surface area contributed by atoms with E-state index in [1.807, 2.05) is 19.9 Å². The van der Waals surface area contributed by atoms with Crippen LogP contribution in [0.15, 0.2) is 18.2 Å². The van der Waals surface area contributed by atoms with Crippen LogP contribution in [0.5, 0.6) is 0 Å². The van der Waals surface area contributed by atoms with E-state index in [4.69, 9.17) is 0 Å². The summed E-state index contributed by atoms with van der Waals surface area (Å²) < 4.78 is 26.6. The second-order valence-electron chi connectivity index (χ2n) is 4.35. The number of aryl methyl sites for hydroxylation is 2. The number of nitrogens with one attached hydrogen (secondary N) is 1. The van der Waals surface area contributed by atoms with Crippen LogP contribution in [-0.4, -0.2) is 4.92 Å². The van der Waals surface area contributed by atoms with Crippen molar-refractivity contribution < 1.29 is 13.7 Å². The van der Waals surface area contributed by atoms with Crippen LogP contribution in [0.2, 0.25) is 0 Å². The molecule has 0 bridgehead atoms. The summed E-state index contributed by atoms with van der Waals surface area (Å²) in [6.07, 6.45) is 0. The molecule has 0 radical (unpaired) electrons. The fourth-order valence-corrected chi connectivity index (χ4v) is 2.80. The predicted octanol–water partition coefficient (Wildman–Crippen LogP) is 4.16. The maximum Gasteiger partial charge on any atom is 0.327 e. The molecule has 1 aromatic carbocycles. The molecule has 20 heavy (non-hydrogen) atoms. The first-order valence-electron chi connectivity index (χ1n) is 5.81. The summed E-state index contributed by atoms with van der Waals surface area (Å²) in [6, 6.07) is 3.37.